The highest BCUT2D eigenvalue weighted by atomic mass is 16.6. The number of carbonyl (C=O) groups excluding carboxylic acids is 2. The Kier molecular flexibility index (Phi) is 5.19. The maximum Gasteiger partial charge on any atom is 0.410 e. The monoisotopic (exact) mass is 379 g/mol. The topological polar surface area (TPSA) is 70.7 Å². The van der Waals surface area contributed by atoms with Crippen molar-refractivity contribution in [2.75, 3.05) is 19.6 Å². The predicted molar refractivity (Wildman–Crippen MR) is 106 cm³/mol. The summed E-state index contributed by atoms with van der Waals surface area (Å²) in [6, 6.07) is 19.7. The zero-order valence-corrected chi connectivity index (χ0v) is 15.8. The molecule has 3 amide bonds. The summed E-state index contributed by atoms with van der Waals surface area (Å²) in [7, 11) is 0. The van der Waals surface area contributed by atoms with Gasteiger partial charge in [-0.05, 0) is 24.0 Å². The zero-order chi connectivity index (χ0) is 19.4. The van der Waals surface area contributed by atoms with Crippen molar-refractivity contribution in [3.05, 3.63) is 71.8 Å². The number of benzene rings is 2. The molecular weight excluding hydrogens is 354 g/mol. The molecule has 2 N–H and O–H groups in total. The third kappa shape index (κ3) is 4.11. The van der Waals surface area contributed by atoms with Gasteiger partial charge in [-0.1, -0.05) is 60.7 Å². The molecule has 2 aliphatic heterocycles. The summed E-state index contributed by atoms with van der Waals surface area (Å²) in [5.41, 5.74) is 1.71. The van der Waals surface area contributed by atoms with E-state index in [2.05, 4.69) is 10.6 Å². The first-order valence-electron chi connectivity index (χ1n) is 9.74. The summed E-state index contributed by atoms with van der Waals surface area (Å²) in [5, 5.41) is 5.79. The number of hydrogen-bond acceptors (Lipinski definition) is 3. The molecule has 0 saturated carbocycles. The molecule has 2 aromatic carbocycles. The molecule has 6 heteroatoms. The summed E-state index contributed by atoms with van der Waals surface area (Å²) >= 11 is 0. The van der Waals surface area contributed by atoms with Crippen LogP contribution in [0.1, 0.15) is 30.1 Å². The second-order valence-electron chi connectivity index (χ2n) is 7.59. The van der Waals surface area contributed by atoms with Gasteiger partial charge in [-0.3, -0.25) is 0 Å². The summed E-state index contributed by atoms with van der Waals surface area (Å²) in [6.07, 6.45) is 1.64. The van der Waals surface area contributed by atoms with Crippen LogP contribution in [0, 0.1) is 0 Å². The molecule has 2 aliphatic rings. The van der Waals surface area contributed by atoms with Crippen molar-refractivity contribution >= 4 is 12.1 Å². The molecule has 28 heavy (non-hydrogen) atoms. The largest absolute Gasteiger partial charge is 0.441 e. The van der Waals surface area contributed by atoms with Gasteiger partial charge in [-0.2, -0.15) is 0 Å². The number of carbonyl (C=O) groups is 2. The highest BCUT2D eigenvalue weighted by molar-refractivity contribution is 5.78. The molecular formula is C22H25N3O3. The van der Waals surface area contributed by atoms with E-state index < -0.39 is 0 Å². The van der Waals surface area contributed by atoms with Crippen LogP contribution >= 0.6 is 0 Å². The van der Waals surface area contributed by atoms with Crippen molar-refractivity contribution in [1.82, 2.24) is 15.5 Å². The minimum absolute atomic E-state index is 0.165. The lowest BCUT2D eigenvalue weighted by Gasteiger charge is -2.39. The van der Waals surface area contributed by atoms with Crippen LogP contribution in [0.4, 0.5) is 9.59 Å². The Hall–Kier alpha value is -3.02. The first kappa shape index (κ1) is 18.3. The maximum atomic E-state index is 13.0. The van der Waals surface area contributed by atoms with Crippen molar-refractivity contribution in [2.24, 2.45) is 0 Å². The van der Waals surface area contributed by atoms with Gasteiger partial charge in [-0.25, -0.2) is 9.59 Å². The lowest BCUT2D eigenvalue weighted by Crippen LogP contribution is -2.57. The fourth-order valence-corrected chi connectivity index (χ4v) is 4.03. The number of piperidine rings is 1. The van der Waals surface area contributed by atoms with E-state index in [1.165, 1.54) is 0 Å². The average molecular weight is 379 g/mol. The quantitative estimate of drug-likeness (QED) is 0.857. The Morgan fingerprint density at radius 1 is 1.11 bits per heavy atom. The Labute approximate surface area is 164 Å². The van der Waals surface area contributed by atoms with Gasteiger partial charge in [0.15, 0.2) is 0 Å². The van der Waals surface area contributed by atoms with Crippen LogP contribution < -0.4 is 10.6 Å². The molecule has 2 saturated heterocycles. The Balaban J connectivity index is 1.48. The Morgan fingerprint density at radius 2 is 1.82 bits per heavy atom. The lowest BCUT2D eigenvalue weighted by molar-refractivity contribution is 0.0451. The summed E-state index contributed by atoms with van der Waals surface area (Å²) in [5.74, 6) is 0. The van der Waals surface area contributed by atoms with E-state index in [1.807, 2.05) is 60.7 Å². The second kappa shape index (κ2) is 7.92. The van der Waals surface area contributed by atoms with Crippen molar-refractivity contribution in [3.8, 4) is 0 Å². The summed E-state index contributed by atoms with van der Waals surface area (Å²) in [4.78, 5) is 26.3. The minimum atomic E-state index is -0.379. The van der Waals surface area contributed by atoms with Crippen LogP contribution in [0.15, 0.2) is 60.7 Å². The fraction of sp³-hybridized carbons (Fsp3) is 0.364. The minimum Gasteiger partial charge on any atom is -0.441 e. The molecule has 6 nitrogen and oxygen atoms in total. The molecule has 2 atom stereocenters. The molecule has 0 aliphatic carbocycles. The number of urea groups is 1. The number of likely N-dealkylation sites (tertiary alicyclic amines) is 1. The summed E-state index contributed by atoms with van der Waals surface area (Å²) in [6.45, 7) is 1.66. The molecule has 2 heterocycles. The molecule has 2 fully saturated rings. The van der Waals surface area contributed by atoms with E-state index in [1.54, 1.807) is 4.90 Å². The van der Waals surface area contributed by atoms with Crippen LogP contribution in [-0.2, 0) is 11.2 Å². The molecule has 4 rings (SSSR count). The van der Waals surface area contributed by atoms with E-state index in [0.29, 0.717) is 26.1 Å². The van der Waals surface area contributed by atoms with E-state index >= 15 is 0 Å². The normalized spacial score (nSPS) is 22.4. The molecule has 0 radical (unpaired) electrons. The fourth-order valence-electron chi connectivity index (χ4n) is 4.03. The van der Waals surface area contributed by atoms with Gasteiger partial charge in [-0.15, -0.1) is 0 Å². The number of nitrogens with one attached hydrogen (secondary N) is 2. The van der Waals surface area contributed by atoms with E-state index in [9.17, 15) is 9.59 Å². The van der Waals surface area contributed by atoms with Crippen molar-refractivity contribution in [2.45, 2.75) is 30.9 Å². The van der Waals surface area contributed by atoms with E-state index in [-0.39, 0.29) is 23.8 Å². The van der Waals surface area contributed by atoms with Crippen LogP contribution in [-0.4, -0.2) is 42.2 Å². The number of nitrogens with zero attached hydrogens (tertiary/aromatic N) is 1. The predicted octanol–water partition coefficient (Wildman–Crippen LogP) is 3.25. The second-order valence-corrected chi connectivity index (χ2v) is 7.59. The number of hydrogen-bond donors (Lipinski definition) is 2. The number of amides is 3. The highest BCUT2D eigenvalue weighted by Crippen LogP contribution is 2.27. The molecule has 146 valence electrons. The maximum absolute atomic E-state index is 13.0. The standard InChI is InChI=1S/C22H25N3O3/c26-20-23-15-22(24-20)12-7-13-25(16-22)21(27)28-19(18-10-5-2-6-11-18)14-17-8-3-1-4-9-17/h1-6,8-11,19H,7,12-16H2,(H2,23,24,26)/t19-,22?/m1/s1. The highest BCUT2D eigenvalue weighted by Gasteiger charge is 2.43. The number of ether oxygens (including phenoxy) is 1. The van der Waals surface area contributed by atoms with Gasteiger partial charge in [0.05, 0.1) is 5.54 Å². The van der Waals surface area contributed by atoms with E-state index in [0.717, 1.165) is 24.0 Å². The van der Waals surface area contributed by atoms with E-state index in [4.69, 9.17) is 4.74 Å². The smallest absolute Gasteiger partial charge is 0.410 e. The molecule has 0 bridgehead atoms. The lowest BCUT2D eigenvalue weighted by atomic mass is 9.90. The average Bonchev–Trinajstić information content (AvgIpc) is 3.08. The molecule has 2 aromatic rings. The van der Waals surface area contributed by atoms with Crippen molar-refractivity contribution in [1.29, 1.82) is 0 Å². The third-order valence-corrected chi connectivity index (χ3v) is 5.48. The molecule has 1 unspecified atom stereocenters. The van der Waals surface area contributed by atoms with Gasteiger partial charge >= 0.3 is 12.1 Å². The first-order chi connectivity index (χ1) is 13.6. The van der Waals surface area contributed by atoms with Crippen LogP contribution in [0.25, 0.3) is 0 Å². The SMILES string of the molecule is O=C1NCC2(CCCN(C(=O)O[C@H](Cc3ccccc3)c3ccccc3)C2)N1. The van der Waals surface area contributed by atoms with Gasteiger partial charge in [0.1, 0.15) is 6.10 Å². The van der Waals surface area contributed by atoms with Crippen LogP contribution in [0.3, 0.4) is 0 Å². The zero-order valence-electron chi connectivity index (χ0n) is 15.8. The first-order valence-corrected chi connectivity index (χ1v) is 9.74. The molecule has 1 spiro atoms. The van der Waals surface area contributed by atoms with Crippen LogP contribution in [0.2, 0.25) is 0 Å². The summed E-state index contributed by atoms with van der Waals surface area (Å²) < 4.78 is 5.96. The molecule has 0 aromatic heterocycles. The van der Waals surface area contributed by atoms with Crippen LogP contribution in [0.5, 0.6) is 0 Å². The van der Waals surface area contributed by atoms with Crippen molar-refractivity contribution < 1.29 is 14.3 Å². The van der Waals surface area contributed by atoms with Crippen molar-refractivity contribution in [3.63, 3.8) is 0 Å². The third-order valence-electron chi connectivity index (χ3n) is 5.48. The van der Waals surface area contributed by atoms with Gasteiger partial charge in [0.2, 0.25) is 0 Å². The van der Waals surface area contributed by atoms with Gasteiger partial charge < -0.3 is 20.3 Å². The van der Waals surface area contributed by atoms with Gasteiger partial charge in [0.25, 0.3) is 0 Å². The Bertz CT molecular complexity index is 827. The van der Waals surface area contributed by atoms with Gasteiger partial charge in [0, 0.05) is 26.1 Å². The number of rotatable bonds is 4. The Morgan fingerprint density at radius 3 is 2.50 bits per heavy atom.